The number of benzene rings is 1. The summed E-state index contributed by atoms with van der Waals surface area (Å²) in [7, 11) is 5.76. The summed E-state index contributed by atoms with van der Waals surface area (Å²) in [6, 6.07) is 4.67. The van der Waals surface area contributed by atoms with Gasteiger partial charge in [-0.3, -0.25) is 0 Å². The van der Waals surface area contributed by atoms with E-state index in [0.717, 1.165) is 37.3 Å². The summed E-state index contributed by atoms with van der Waals surface area (Å²) in [6.45, 7) is 7.10. The Morgan fingerprint density at radius 2 is 2.00 bits per heavy atom. The molecule has 162 valence electrons. The van der Waals surface area contributed by atoms with Crippen molar-refractivity contribution in [1.29, 1.82) is 0 Å². The molecule has 1 aromatic rings. The van der Waals surface area contributed by atoms with Crippen LogP contribution in [-0.2, 0) is 16.6 Å². The zero-order valence-electron chi connectivity index (χ0n) is 18.9. The molecule has 2 fully saturated rings. The Morgan fingerprint density at radius 3 is 2.67 bits per heavy atom. The first kappa shape index (κ1) is 19.1. The van der Waals surface area contributed by atoms with Crippen molar-refractivity contribution in [1.82, 2.24) is 4.90 Å². The third-order valence-electron chi connectivity index (χ3n) is 10.0. The van der Waals surface area contributed by atoms with Gasteiger partial charge in [-0.25, -0.2) is 0 Å². The van der Waals surface area contributed by atoms with E-state index in [0.29, 0.717) is 6.04 Å². The minimum Gasteiger partial charge on any atom is -0.493 e. The van der Waals surface area contributed by atoms with Crippen LogP contribution in [-0.4, -0.2) is 61.2 Å². The summed E-state index contributed by atoms with van der Waals surface area (Å²) in [5.41, 5.74) is 0.319. The molecule has 2 spiro atoms. The van der Waals surface area contributed by atoms with Crippen LogP contribution in [0.4, 0.5) is 0 Å². The summed E-state index contributed by atoms with van der Waals surface area (Å²) in [5.74, 6) is 1.71. The molecule has 1 saturated heterocycles. The maximum absolute atomic E-state index is 11.5. The SMILES string of the molecule is COc1ccc2c3c1OC1C4(OC)C=CC5(CC4(C)C(C)(C)O)C(C2)N(C)CCC315. The van der Waals surface area contributed by atoms with Gasteiger partial charge in [0.15, 0.2) is 11.5 Å². The Kier molecular flexibility index (Phi) is 3.35. The highest BCUT2D eigenvalue weighted by Crippen LogP contribution is 2.78. The zero-order valence-corrected chi connectivity index (χ0v) is 18.9. The van der Waals surface area contributed by atoms with Gasteiger partial charge in [0.1, 0.15) is 11.7 Å². The molecule has 1 aromatic carbocycles. The van der Waals surface area contributed by atoms with Crippen LogP contribution < -0.4 is 9.47 Å². The molecule has 0 radical (unpaired) electrons. The van der Waals surface area contributed by atoms with Crippen LogP contribution >= 0.6 is 0 Å². The molecule has 2 heterocycles. The molecule has 30 heavy (non-hydrogen) atoms. The van der Waals surface area contributed by atoms with Gasteiger partial charge in [0.25, 0.3) is 0 Å². The monoisotopic (exact) mass is 411 g/mol. The van der Waals surface area contributed by atoms with Crippen molar-refractivity contribution in [3.63, 3.8) is 0 Å². The normalized spacial score (nSPS) is 45.3. The van der Waals surface area contributed by atoms with Crippen LogP contribution in [0.2, 0.25) is 0 Å². The summed E-state index contributed by atoms with van der Waals surface area (Å²) in [6.07, 6.45) is 7.39. The lowest BCUT2D eigenvalue weighted by molar-refractivity contribution is -0.284. The smallest absolute Gasteiger partial charge is 0.166 e. The highest BCUT2D eigenvalue weighted by molar-refractivity contribution is 5.66. The second-order valence-electron chi connectivity index (χ2n) is 11.0. The van der Waals surface area contributed by atoms with Crippen molar-refractivity contribution in [3.8, 4) is 11.5 Å². The molecule has 6 unspecified atom stereocenters. The van der Waals surface area contributed by atoms with E-state index in [1.165, 1.54) is 11.1 Å². The van der Waals surface area contributed by atoms with Gasteiger partial charge >= 0.3 is 0 Å². The van der Waals surface area contributed by atoms with Crippen molar-refractivity contribution in [2.75, 3.05) is 27.8 Å². The fourth-order valence-electron chi connectivity index (χ4n) is 8.30. The van der Waals surface area contributed by atoms with Crippen molar-refractivity contribution < 1.29 is 19.3 Å². The number of hydrogen-bond acceptors (Lipinski definition) is 5. The number of piperidine rings is 1. The number of ether oxygens (including phenoxy) is 3. The largest absolute Gasteiger partial charge is 0.493 e. The van der Waals surface area contributed by atoms with Gasteiger partial charge in [-0.2, -0.15) is 0 Å². The summed E-state index contributed by atoms with van der Waals surface area (Å²) in [5, 5.41) is 11.5. The number of fused-ring (bicyclic) bond motifs is 1. The first-order valence-electron chi connectivity index (χ1n) is 11.2. The number of methoxy groups -OCH3 is 2. The Balaban J connectivity index is 1.73. The second-order valence-corrected chi connectivity index (χ2v) is 11.0. The molecule has 0 aromatic heterocycles. The molecule has 6 atom stereocenters. The predicted octanol–water partition coefficient (Wildman–Crippen LogP) is 3.08. The van der Waals surface area contributed by atoms with Crippen molar-refractivity contribution in [2.24, 2.45) is 10.8 Å². The maximum atomic E-state index is 11.5. The van der Waals surface area contributed by atoms with Crippen LogP contribution in [0.3, 0.4) is 0 Å². The lowest BCUT2D eigenvalue weighted by Crippen LogP contribution is -2.83. The molecular weight excluding hydrogens is 378 g/mol. The Labute approximate surface area is 179 Å². The fraction of sp³-hybridized carbons (Fsp3) is 0.680. The van der Waals surface area contributed by atoms with Crippen LogP contribution in [0.15, 0.2) is 24.3 Å². The summed E-state index contributed by atoms with van der Waals surface area (Å²) >= 11 is 0. The standard InChI is InChI=1S/C25H33NO4/c1-21(2,27)22(3)14-23-9-10-25(22,29-6)20-24(23)11-12-26(4)17(23)13-15-7-8-16(28-5)19(30-20)18(15)24/h7-10,17,20,27H,11-14H2,1-6H3. The van der Waals surface area contributed by atoms with Crippen molar-refractivity contribution >= 4 is 0 Å². The molecule has 4 bridgehead atoms. The van der Waals surface area contributed by atoms with Gasteiger partial charge in [0.05, 0.1) is 18.1 Å². The van der Waals surface area contributed by atoms with Crippen LogP contribution in [0.5, 0.6) is 11.5 Å². The van der Waals surface area contributed by atoms with E-state index in [1.54, 1.807) is 14.2 Å². The first-order chi connectivity index (χ1) is 14.1. The van der Waals surface area contributed by atoms with Gasteiger partial charge in [-0.1, -0.05) is 25.1 Å². The maximum Gasteiger partial charge on any atom is 0.166 e. The lowest BCUT2D eigenvalue weighted by atomic mass is 9.33. The van der Waals surface area contributed by atoms with Gasteiger partial charge in [-0.15, -0.1) is 0 Å². The molecule has 1 saturated carbocycles. The van der Waals surface area contributed by atoms with Crippen molar-refractivity contribution in [3.05, 3.63) is 35.4 Å². The van der Waals surface area contributed by atoms with Crippen LogP contribution in [0.25, 0.3) is 0 Å². The van der Waals surface area contributed by atoms with E-state index in [4.69, 9.17) is 14.2 Å². The first-order valence-corrected chi connectivity index (χ1v) is 11.2. The zero-order chi connectivity index (χ0) is 21.3. The number of nitrogens with zero attached hydrogens (tertiary/aromatic N) is 1. The van der Waals surface area contributed by atoms with E-state index < -0.39 is 16.6 Å². The third kappa shape index (κ3) is 1.63. The molecule has 6 aliphatic rings. The summed E-state index contributed by atoms with van der Waals surface area (Å²) in [4.78, 5) is 2.54. The van der Waals surface area contributed by atoms with E-state index in [1.807, 2.05) is 13.8 Å². The Bertz CT molecular complexity index is 982. The number of aliphatic hydroxyl groups is 1. The van der Waals surface area contributed by atoms with E-state index in [2.05, 4.69) is 43.2 Å². The number of likely N-dealkylation sites (tertiary alicyclic amines) is 1. The molecule has 2 aliphatic heterocycles. The van der Waals surface area contributed by atoms with E-state index in [-0.39, 0.29) is 16.9 Å². The Hall–Kier alpha value is -1.56. The topological polar surface area (TPSA) is 51.2 Å². The number of rotatable bonds is 3. The number of likely N-dealkylation sites (N-methyl/N-ethyl adjacent to an activating group) is 1. The molecular formula is C25H33NO4. The minimum atomic E-state index is -0.933. The molecule has 5 heteroatoms. The second kappa shape index (κ2) is 5.25. The van der Waals surface area contributed by atoms with Gasteiger partial charge in [0, 0.05) is 29.5 Å². The summed E-state index contributed by atoms with van der Waals surface area (Å²) < 4.78 is 19.1. The van der Waals surface area contributed by atoms with Gasteiger partial charge < -0.3 is 24.2 Å². The molecule has 7 rings (SSSR count). The lowest BCUT2D eigenvalue weighted by Gasteiger charge is -2.75. The van der Waals surface area contributed by atoms with Gasteiger partial charge in [-0.05, 0) is 58.3 Å². The molecule has 5 nitrogen and oxygen atoms in total. The van der Waals surface area contributed by atoms with E-state index >= 15 is 0 Å². The molecule has 1 N–H and O–H groups in total. The predicted molar refractivity (Wildman–Crippen MR) is 114 cm³/mol. The number of hydrogen-bond donors (Lipinski definition) is 1. The average Bonchev–Trinajstić information content (AvgIpc) is 3.06. The molecule has 4 aliphatic carbocycles. The van der Waals surface area contributed by atoms with Crippen LogP contribution in [0.1, 0.15) is 44.7 Å². The van der Waals surface area contributed by atoms with E-state index in [9.17, 15) is 5.11 Å². The van der Waals surface area contributed by atoms with Gasteiger partial charge in [0.2, 0.25) is 0 Å². The molecule has 0 amide bonds. The quantitative estimate of drug-likeness (QED) is 0.775. The Morgan fingerprint density at radius 1 is 1.23 bits per heavy atom. The van der Waals surface area contributed by atoms with Crippen molar-refractivity contribution in [2.45, 2.75) is 68.8 Å². The highest BCUT2D eigenvalue weighted by Gasteiger charge is 2.83. The van der Waals surface area contributed by atoms with Crippen LogP contribution in [0, 0.1) is 10.8 Å². The fourth-order valence-corrected chi connectivity index (χ4v) is 8.30. The third-order valence-corrected chi connectivity index (χ3v) is 10.0. The average molecular weight is 412 g/mol. The highest BCUT2D eigenvalue weighted by atomic mass is 16.6. The minimum absolute atomic E-state index is 0.107.